The number of benzene rings is 5. The summed E-state index contributed by atoms with van der Waals surface area (Å²) in [4.78, 5) is 8.80. The minimum Gasteiger partial charge on any atom is -0.237 e. The summed E-state index contributed by atoms with van der Waals surface area (Å²) in [6, 6.07) is 34.4. The van der Waals surface area contributed by atoms with E-state index in [0.717, 1.165) is 11.4 Å². The molecule has 0 aliphatic heterocycles. The van der Waals surface area contributed by atoms with Crippen molar-refractivity contribution in [2.24, 2.45) is 0 Å². The summed E-state index contributed by atoms with van der Waals surface area (Å²) in [5, 5.41) is 7.75. The summed E-state index contributed by atoms with van der Waals surface area (Å²) < 4.78 is 0. The smallest absolute Gasteiger partial charge is 0.159 e. The van der Waals surface area contributed by atoms with Gasteiger partial charge in [0, 0.05) is 18.0 Å². The highest BCUT2D eigenvalue weighted by atomic mass is 14.8. The molecule has 0 N–H and O–H groups in total. The first-order chi connectivity index (χ1) is 14.9. The SMILES string of the molecule is c1cnc(-c2cccc(-c3ccc4c5ccccc5c5ccccc5c4c3)c2)nc1. The third-order valence-corrected chi connectivity index (χ3v) is 5.76. The van der Waals surface area contributed by atoms with Crippen LogP contribution in [0.1, 0.15) is 0 Å². The van der Waals surface area contributed by atoms with Gasteiger partial charge < -0.3 is 0 Å². The van der Waals surface area contributed by atoms with Gasteiger partial charge in [0.1, 0.15) is 0 Å². The highest BCUT2D eigenvalue weighted by Crippen LogP contribution is 2.37. The zero-order valence-electron chi connectivity index (χ0n) is 16.3. The molecule has 6 aromatic rings. The second-order valence-corrected chi connectivity index (χ2v) is 7.50. The van der Waals surface area contributed by atoms with Crippen LogP contribution in [0.15, 0.2) is 109 Å². The fraction of sp³-hybridized carbons (Fsp3) is 0. The topological polar surface area (TPSA) is 25.8 Å². The Bertz CT molecular complexity index is 1500. The fourth-order valence-corrected chi connectivity index (χ4v) is 4.37. The number of nitrogens with zero attached hydrogens (tertiary/aromatic N) is 2. The molecule has 0 aliphatic rings. The second kappa shape index (κ2) is 6.78. The summed E-state index contributed by atoms with van der Waals surface area (Å²) in [7, 11) is 0. The predicted molar refractivity (Wildman–Crippen MR) is 125 cm³/mol. The molecule has 0 unspecified atom stereocenters. The van der Waals surface area contributed by atoms with Gasteiger partial charge in [-0.1, -0.05) is 78.9 Å². The van der Waals surface area contributed by atoms with Crippen LogP contribution in [-0.2, 0) is 0 Å². The van der Waals surface area contributed by atoms with Crippen LogP contribution in [0.3, 0.4) is 0 Å². The third-order valence-electron chi connectivity index (χ3n) is 5.76. The first-order valence-corrected chi connectivity index (χ1v) is 10.1. The van der Waals surface area contributed by atoms with Crippen LogP contribution >= 0.6 is 0 Å². The van der Waals surface area contributed by atoms with Crippen molar-refractivity contribution in [2.75, 3.05) is 0 Å². The molecule has 1 heterocycles. The normalized spacial score (nSPS) is 11.3. The van der Waals surface area contributed by atoms with Gasteiger partial charge in [-0.05, 0) is 61.6 Å². The lowest BCUT2D eigenvalue weighted by molar-refractivity contribution is 1.18. The minimum absolute atomic E-state index is 0.747. The quantitative estimate of drug-likeness (QED) is 0.294. The number of hydrogen-bond acceptors (Lipinski definition) is 2. The molecule has 2 heteroatoms. The van der Waals surface area contributed by atoms with E-state index < -0.39 is 0 Å². The summed E-state index contributed by atoms with van der Waals surface area (Å²) in [6.07, 6.45) is 3.56. The molecule has 0 fully saturated rings. The van der Waals surface area contributed by atoms with Gasteiger partial charge in [0.2, 0.25) is 0 Å². The Morgan fingerprint density at radius 1 is 0.367 bits per heavy atom. The van der Waals surface area contributed by atoms with Crippen LogP contribution in [0.5, 0.6) is 0 Å². The number of rotatable bonds is 2. The van der Waals surface area contributed by atoms with E-state index in [9.17, 15) is 0 Å². The van der Waals surface area contributed by atoms with Crippen LogP contribution in [0.2, 0.25) is 0 Å². The molecule has 140 valence electrons. The maximum Gasteiger partial charge on any atom is 0.159 e. The number of fused-ring (bicyclic) bond motifs is 6. The molecule has 6 rings (SSSR count). The molecule has 2 nitrogen and oxygen atoms in total. The van der Waals surface area contributed by atoms with Gasteiger partial charge in [-0.2, -0.15) is 0 Å². The largest absolute Gasteiger partial charge is 0.237 e. The van der Waals surface area contributed by atoms with E-state index in [1.165, 1.54) is 43.4 Å². The monoisotopic (exact) mass is 382 g/mol. The molecule has 0 aliphatic carbocycles. The van der Waals surface area contributed by atoms with Crippen LogP contribution < -0.4 is 0 Å². The molecule has 30 heavy (non-hydrogen) atoms. The van der Waals surface area contributed by atoms with E-state index in [2.05, 4.69) is 101 Å². The van der Waals surface area contributed by atoms with Crippen LogP contribution in [-0.4, -0.2) is 9.97 Å². The van der Waals surface area contributed by atoms with E-state index in [0.29, 0.717) is 0 Å². The van der Waals surface area contributed by atoms with Gasteiger partial charge in [-0.25, -0.2) is 9.97 Å². The van der Waals surface area contributed by atoms with E-state index >= 15 is 0 Å². The van der Waals surface area contributed by atoms with Crippen molar-refractivity contribution < 1.29 is 0 Å². The first kappa shape index (κ1) is 16.9. The van der Waals surface area contributed by atoms with Crippen molar-refractivity contribution in [1.82, 2.24) is 9.97 Å². The minimum atomic E-state index is 0.747. The van der Waals surface area contributed by atoms with Crippen molar-refractivity contribution in [1.29, 1.82) is 0 Å². The lowest BCUT2D eigenvalue weighted by Crippen LogP contribution is -1.88. The molecule has 0 atom stereocenters. The van der Waals surface area contributed by atoms with Crippen molar-refractivity contribution in [2.45, 2.75) is 0 Å². The summed E-state index contributed by atoms with van der Waals surface area (Å²) in [5.74, 6) is 0.747. The van der Waals surface area contributed by atoms with Crippen molar-refractivity contribution in [3.63, 3.8) is 0 Å². The molecule has 0 radical (unpaired) electrons. The first-order valence-electron chi connectivity index (χ1n) is 10.1. The maximum absolute atomic E-state index is 4.40. The van der Waals surface area contributed by atoms with E-state index in [-0.39, 0.29) is 0 Å². The summed E-state index contributed by atoms with van der Waals surface area (Å²) in [6.45, 7) is 0. The van der Waals surface area contributed by atoms with Gasteiger partial charge >= 0.3 is 0 Å². The van der Waals surface area contributed by atoms with E-state index in [4.69, 9.17) is 0 Å². The van der Waals surface area contributed by atoms with Crippen LogP contribution in [0.4, 0.5) is 0 Å². The molecular weight excluding hydrogens is 364 g/mol. The molecule has 5 aromatic carbocycles. The highest BCUT2D eigenvalue weighted by Gasteiger charge is 2.10. The zero-order valence-corrected chi connectivity index (χ0v) is 16.3. The molecule has 0 saturated heterocycles. The van der Waals surface area contributed by atoms with Gasteiger partial charge in [-0.15, -0.1) is 0 Å². The van der Waals surface area contributed by atoms with Crippen LogP contribution in [0.25, 0.3) is 54.8 Å². The lowest BCUT2D eigenvalue weighted by Gasteiger charge is -2.12. The molecular formula is C28H18N2. The van der Waals surface area contributed by atoms with Crippen molar-refractivity contribution >= 4 is 32.3 Å². The van der Waals surface area contributed by atoms with Crippen molar-refractivity contribution in [3.05, 3.63) is 109 Å². The third kappa shape index (κ3) is 2.66. The number of aromatic nitrogens is 2. The second-order valence-electron chi connectivity index (χ2n) is 7.50. The highest BCUT2D eigenvalue weighted by molar-refractivity contribution is 6.25. The Kier molecular flexibility index (Phi) is 3.82. The molecule has 0 amide bonds. The zero-order chi connectivity index (χ0) is 19.9. The number of hydrogen-bond donors (Lipinski definition) is 0. The van der Waals surface area contributed by atoms with E-state index in [1.807, 2.05) is 6.07 Å². The Morgan fingerprint density at radius 3 is 1.57 bits per heavy atom. The average molecular weight is 382 g/mol. The van der Waals surface area contributed by atoms with Gasteiger partial charge in [0.25, 0.3) is 0 Å². The summed E-state index contributed by atoms with van der Waals surface area (Å²) >= 11 is 0. The van der Waals surface area contributed by atoms with Gasteiger partial charge in [0.05, 0.1) is 0 Å². The van der Waals surface area contributed by atoms with Crippen LogP contribution in [0, 0.1) is 0 Å². The molecule has 0 spiro atoms. The molecule has 0 bridgehead atoms. The molecule has 1 aromatic heterocycles. The van der Waals surface area contributed by atoms with Crippen molar-refractivity contribution in [3.8, 4) is 22.5 Å². The van der Waals surface area contributed by atoms with E-state index in [1.54, 1.807) is 12.4 Å². The Morgan fingerprint density at radius 2 is 0.900 bits per heavy atom. The average Bonchev–Trinajstić information content (AvgIpc) is 2.84. The standard InChI is InChI=1S/C28H18N2/c1-2-11-24-22(9-1)23-10-3-4-12-25(23)27-18-20(13-14-26(24)27)19-7-5-8-21(17-19)28-29-15-6-16-30-28/h1-18H. The predicted octanol–water partition coefficient (Wildman–Crippen LogP) is 7.27. The Balaban J connectivity index is 1.61. The lowest BCUT2D eigenvalue weighted by atomic mass is 9.92. The Labute approximate surface area is 174 Å². The van der Waals surface area contributed by atoms with Gasteiger partial charge in [-0.3, -0.25) is 0 Å². The Hall–Kier alpha value is -4.04. The molecule has 0 saturated carbocycles. The maximum atomic E-state index is 4.40. The van der Waals surface area contributed by atoms with Gasteiger partial charge in [0.15, 0.2) is 5.82 Å². The fourth-order valence-electron chi connectivity index (χ4n) is 4.37. The summed E-state index contributed by atoms with van der Waals surface area (Å²) in [5.41, 5.74) is 3.39.